The zero-order valence-electron chi connectivity index (χ0n) is 12.1. The van der Waals surface area contributed by atoms with E-state index in [0.29, 0.717) is 16.9 Å². The highest BCUT2D eigenvalue weighted by atomic mass is 16.5. The lowest BCUT2D eigenvalue weighted by molar-refractivity contribution is -0.144. The maximum atomic E-state index is 12.4. The summed E-state index contributed by atoms with van der Waals surface area (Å²) in [7, 11) is 0. The molecule has 0 heterocycles. The van der Waals surface area contributed by atoms with Crippen molar-refractivity contribution in [2.24, 2.45) is 0 Å². The highest BCUT2D eigenvalue weighted by Crippen LogP contribution is 2.16. The molecule has 1 amide bonds. The summed E-state index contributed by atoms with van der Waals surface area (Å²) in [5.41, 5.74) is 12.5. The van der Waals surface area contributed by atoms with Crippen LogP contribution in [-0.2, 0) is 9.53 Å². The summed E-state index contributed by atoms with van der Waals surface area (Å²) >= 11 is 0. The minimum Gasteiger partial charge on any atom is -0.465 e. The summed E-state index contributed by atoms with van der Waals surface area (Å²) in [6.07, 6.45) is 0. The Morgan fingerprint density at radius 3 is 2.20 bits per heavy atom. The van der Waals surface area contributed by atoms with Crippen LogP contribution in [0.5, 0.6) is 0 Å². The number of carbonyl (C=O) groups is 2. The first kappa shape index (κ1) is 15.8. The van der Waals surface area contributed by atoms with E-state index in [-0.39, 0.29) is 25.1 Å². The van der Waals surface area contributed by atoms with Crippen molar-refractivity contribution in [3.8, 4) is 0 Å². The molecular formula is C14H21N3O3. The van der Waals surface area contributed by atoms with Gasteiger partial charge in [-0.1, -0.05) is 0 Å². The summed E-state index contributed by atoms with van der Waals surface area (Å²) in [4.78, 5) is 25.4. The molecule has 0 saturated carbocycles. The number of amides is 1. The van der Waals surface area contributed by atoms with Gasteiger partial charge in [-0.2, -0.15) is 0 Å². The highest BCUT2D eigenvalue weighted by molar-refractivity contribution is 5.97. The van der Waals surface area contributed by atoms with Crippen LogP contribution in [0.4, 0.5) is 11.4 Å². The van der Waals surface area contributed by atoms with Gasteiger partial charge in [-0.3, -0.25) is 9.59 Å². The van der Waals surface area contributed by atoms with Crippen molar-refractivity contribution in [3.05, 3.63) is 23.8 Å². The third kappa shape index (κ3) is 4.15. The van der Waals surface area contributed by atoms with Gasteiger partial charge in [-0.05, 0) is 39.0 Å². The van der Waals surface area contributed by atoms with Crippen LogP contribution >= 0.6 is 0 Å². The number of carbonyl (C=O) groups excluding carboxylic acids is 2. The predicted molar refractivity (Wildman–Crippen MR) is 78.1 cm³/mol. The second-order valence-corrected chi connectivity index (χ2v) is 4.72. The molecule has 0 atom stereocenters. The lowest BCUT2D eigenvalue weighted by atomic mass is 10.1. The van der Waals surface area contributed by atoms with Crippen LogP contribution in [0.3, 0.4) is 0 Å². The molecule has 1 aromatic rings. The predicted octanol–water partition coefficient (Wildman–Crippen LogP) is 1.26. The SMILES string of the molecule is CCOC(=O)CN(C(=O)c1cc(N)cc(N)c1)C(C)C. The van der Waals surface area contributed by atoms with Gasteiger partial charge in [0.1, 0.15) is 6.54 Å². The van der Waals surface area contributed by atoms with Crippen molar-refractivity contribution in [2.75, 3.05) is 24.6 Å². The molecule has 0 saturated heterocycles. The van der Waals surface area contributed by atoms with Crippen molar-refractivity contribution in [3.63, 3.8) is 0 Å². The Hall–Kier alpha value is -2.24. The van der Waals surface area contributed by atoms with Gasteiger partial charge in [0.05, 0.1) is 6.61 Å². The largest absolute Gasteiger partial charge is 0.465 e. The fraction of sp³-hybridized carbons (Fsp3) is 0.429. The molecule has 0 bridgehead atoms. The van der Waals surface area contributed by atoms with Gasteiger partial charge in [-0.25, -0.2) is 0 Å². The number of hydrogen-bond donors (Lipinski definition) is 2. The first-order chi connectivity index (χ1) is 9.35. The normalized spacial score (nSPS) is 10.4. The van der Waals surface area contributed by atoms with E-state index in [2.05, 4.69) is 0 Å². The van der Waals surface area contributed by atoms with Gasteiger partial charge in [0.15, 0.2) is 0 Å². The summed E-state index contributed by atoms with van der Waals surface area (Å²) in [5.74, 6) is -0.738. The zero-order chi connectivity index (χ0) is 15.3. The fourth-order valence-electron chi connectivity index (χ4n) is 1.80. The van der Waals surface area contributed by atoms with Gasteiger partial charge >= 0.3 is 5.97 Å². The quantitative estimate of drug-likeness (QED) is 0.624. The summed E-state index contributed by atoms with van der Waals surface area (Å²) in [6, 6.07) is 4.51. The first-order valence-corrected chi connectivity index (χ1v) is 6.47. The molecule has 110 valence electrons. The molecule has 4 N–H and O–H groups in total. The number of esters is 1. The Morgan fingerprint density at radius 1 is 1.20 bits per heavy atom. The summed E-state index contributed by atoms with van der Waals surface area (Å²) < 4.78 is 4.87. The van der Waals surface area contributed by atoms with Crippen molar-refractivity contribution in [1.82, 2.24) is 4.90 Å². The Balaban J connectivity index is 2.96. The number of rotatable bonds is 5. The standard InChI is InChI=1S/C14H21N3O3/c1-4-20-13(18)8-17(9(2)3)14(19)10-5-11(15)7-12(16)6-10/h5-7,9H,4,8,15-16H2,1-3H3. The third-order valence-corrected chi connectivity index (χ3v) is 2.71. The van der Waals surface area contributed by atoms with Crippen LogP contribution in [0.2, 0.25) is 0 Å². The van der Waals surface area contributed by atoms with E-state index in [4.69, 9.17) is 16.2 Å². The fourth-order valence-corrected chi connectivity index (χ4v) is 1.80. The number of ether oxygens (including phenoxy) is 1. The maximum absolute atomic E-state index is 12.4. The van der Waals surface area contributed by atoms with Crippen LogP contribution in [0.1, 0.15) is 31.1 Å². The first-order valence-electron chi connectivity index (χ1n) is 6.47. The lowest BCUT2D eigenvalue weighted by Gasteiger charge is -2.26. The number of nitrogens with zero attached hydrogens (tertiary/aromatic N) is 1. The Labute approximate surface area is 118 Å². The van der Waals surface area contributed by atoms with Crippen molar-refractivity contribution in [1.29, 1.82) is 0 Å². The third-order valence-electron chi connectivity index (χ3n) is 2.71. The van der Waals surface area contributed by atoms with Gasteiger partial charge < -0.3 is 21.1 Å². The number of benzene rings is 1. The molecule has 20 heavy (non-hydrogen) atoms. The molecule has 0 aliphatic rings. The van der Waals surface area contributed by atoms with Crippen LogP contribution in [-0.4, -0.2) is 36.0 Å². The molecule has 0 aliphatic carbocycles. The number of anilines is 2. The second kappa shape index (κ2) is 6.79. The van der Waals surface area contributed by atoms with E-state index in [1.54, 1.807) is 25.1 Å². The Bertz CT molecular complexity index is 480. The van der Waals surface area contributed by atoms with E-state index in [1.165, 1.54) is 4.90 Å². The topological polar surface area (TPSA) is 98.6 Å². The maximum Gasteiger partial charge on any atom is 0.325 e. The minimum absolute atomic E-state index is 0.0982. The van der Waals surface area contributed by atoms with Crippen molar-refractivity contribution >= 4 is 23.3 Å². The van der Waals surface area contributed by atoms with Crippen LogP contribution in [0.25, 0.3) is 0 Å². The van der Waals surface area contributed by atoms with E-state index in [0.717, 1.165) is 0 Å². The molecule has 0 spiro atoms. The van der Waals surface area contributed by atoms with Gasteiger partial charge in [0.25, 0.3) is 5.91 Å². The number of nitrogen functional groups attached to an aromatic ring is 2. The van der Waals surface area contributed by atoms with Crippen LogP contribution < -0.4 is 11.5 Å². The molecule has 0 aromatic heterocycles. The van der Waals surface area contributed by atoms with Crippen molar-refractivity contribution in [2.45, 2.75) is 26.8 Å². The molecular weight excluding hydrogens is 258 g/mol. The second-order valence-electron chi connectivity index (χ2n) is 4.72. The Morgan fingerprint density at radius 2 is 1.75 bits per heavy atom. The monoisotopic (exact) mass is 279 g/mol. The smallest absolute Gasteiger partial charge is 0.325 e. The number of nitrogens with two attached hydrogens (primary N) is 2. The average Bonchev–Trinajstić information content (AvgIpc) is 2.34. The molecule has 6 heteroatoms. The molecule has 0 fully saturated rings. The summed E-state index contributed by atoms with van der Waals surface area (Å²) in [5, 5.41) is 0. The Kier molecular flexibility index (Phi) is 5.37. The van der Waals surface area contributed by atoms with E-state index in [9.17, 15) is 9.59 Å². The van der Waals surface area contributed by atoms with E-state index < -0.39 is 5.97 Å². The molecule has 0 radical (unpaired) electrons. The molecule has 0 aliphatic heterocycles. The molecule has 1 rings (SSSR count). The highest BCUT2D eigenvalue weighted by Gasteiger charge is 2.22. The molecule has 1 aromatic carbocycles. The van der Waals surface area contributed by atoms with E-state index in [1.807, 2.05) is 13.8 Å². The van der Waals surface area contributed by atoms with Crippen LogP contribution in [0.15, 0.2) is 18.2 Å². The summed E-state index contributed by atoms with van der Waals surface area (Å²) in [6.45, 7) is 5.56. The van der Waals surface area contributed by atoms with Crippen molar-refractivity contribution < 1.29 is 14.3 Å². The van der Waals surface area contributed by atoms with E-state index >= 15 is 0 Å². The van der Waals surface area contributed by atoms with Crippen LogP contribution in [0, 0.1) is 0 Å². The van der Waals surface area contributed by atoms with Gasteiger partial charge in [0, 0.05) is 23.0 Å². The lowest BCUT2D eigenvalue weighted by Crippen LogP contribution is -2.41. The average molecular weight is 279 g/mol. The van der Waals surface area contributed by atoms with Gasteiger partial charge in [0.2, 0.25) is 0 Å². The molecule has 6 nitrogen and oxygen atoms in total. The molecule has 0 unspecified atom stereocenters. The minimum atomic E-state index is -0.438. The zero-order valence-corrected chi connectivity index (χ0v) is 12.1. The van der Waals surface area contributed by atoms with Gasteiger partial charge in [-0.15, -0.1) is 0 Å². The number of hydrogen-bond acceptors (Lipinski definition) is 5.